The first-order valence-corrected chi connectivity index (χ1v) is 9.29. The molecule has 1 unspecified atom stereocenters. The second-order valence-corrected chi connectivity index (χ2v) is 6.42. The van der Waals surface area contributed by atoms with Crippen LogP contribution in [0, 0.1) is 6.92 Å². The van der Waals surface area contributed by atoms with Gasteiger partial charge in [0.1, 0.15) is 5.75 Å². The molecule has 0 aliphatic carbocycles. The number of nitrogens with one attached hydrogen (secondary N) is 1. The summed E-state index contributed by atoms with van der Waals surface area (Å²) in [5.41, 5.74) is 2.25. The smallest absolute Gasteiger partial charge is 0.261 e. The molecule has 5 nitrogen and oxygen atoms in total. The zero-order valence-corrected chi connectivity index (χ0v) is 16.6. The minimum Gasteiger partial charge on any atom is -0.493 e. The molecule has 0 fully saturated rings. The van der Waals surface area contributed by atoms with Crippen molar-refractivity contribution in [3.8, 4) is 17.2 Å². The monoisotopic (exact) mass is 371 g/mol. The second kappa shape index (κ2) is 10.5. The number of carbonyl (C=O) groups excluding carboxylic acids is 1. The van der Waals surface area contributed by atoms with Crippen LogP contribution >= 0.6 is 0 Å². The summed E-state index contributed by atoms with van der Waals surface area (Å²) in [6.07, 6.45) is 1.82. The van der Waals surface area contributed by atoms with E-state index in [1.807, 2.05) is 56.3 Å². The van der Waals surface area contributed by atoms with Crippen LogP contribution < -0.4 is 19.5 Å². The van der Waals surface area contributed by atoms with Crippen LogP contribution in [-0.4, -0.2) is 32.8 Å². The quantitative estimate of drug-likeness (QED) is 0.643. The molecule has 0 aliphatic rings. The summed E-state index contributed by atoms with van der Waals surface area (Å²) < 4.78 is 16.4. The molecule has 2 aromatic carbocycles. The van der Waals surface area contributed by atoms with Crippen LogP contribution in [0.25, 0.3) is 0 Å². The lowest BCUT2D eigenvalue weighted by atomic mass is 10.1. The van der Waals surface area contributed by atoms with Gasteiger partial charge < -0.3 is 19.5 Å². The third kappa shape index (κ3) is 6.20. The average molecular weight is 371 g/mol. The molecular weight excluding hydrogens is 342 g/mol. The molecule has 1 amide bonds. The van der Waals surface area contributed by atoms with E-state index in [9.17, 15) is 4.79 Å². The van der Waals surface area contributed by atoms with Crippen LogP contribution in [0.2, 0.25) is 0 Å². The largest absolute Gasteiger partial charge is 0.493 e. The predicted octanol–water partition coefficient (Wildman–Crippen LogP) is 3.92. The van der Waals surface area contributed by atoms with Crippen molar-refractivity contribution in [2.24, 2.45) is 0 Å². The number of benzene rings is 2. The number of hydrogen-bond donors (Lipinski definition) is 1. The standard InChI is InChI=1S/C22H29NO4/c1-5-19(27-18-10-6-8-16(2)14-18)22(24)23-13-7-9-17-11-12-20(25-3)21(15-17)26-4/h6,8,10-12,14-15,19H,5,7,9,13H2,1-4H3,(H,23,24). The number of hydrogen-bond acceptors (Lipinski definition) is 4. The second-order valence-electron chi connectivity index (χ2n) is 6.42. The van der Waals surface area contributed by atoms with Gasteiger partial charge in [-0.15, -0.1) is 0 Å². The highest BCUT2D eigenvalue weighted by molar-refractivity contribution is 5.81. The van der Waals surface area contributed by atoms with Crippen molar-refractivity contribution in [3.63, 3.8) is 0 Å². The van der Waals surface area contributed by atoms with Crippen LogP contribution in [0.15, 0.2) is 42.5 Å². The molecule has 5 heteroatoms. The van der Waals surface area contributed by atoms with Crippen molar-refractivity contribution in [1.82, 2.24) is 5.32 Å². The Hall–Kier alpha value is -2.69. The highest BCUT2D eigenvalue weighted by atomic mass is 16.5. The van der Waals surface area contributed by atoms with Gasteiger partial charge in [0.15, 0.2) is 17.6 Å². The molecule has 0 aliphatic heterocycles. The van der Waals surface area contributed by atoms with E-state index in [0.29, 0.717) is 18.7 Å². The fraction of sp³-hybridized carbons (Fsp3) is 0.409. The van der Waals surface area contributed by atoms with Crippen molar-refractivity contribution in [3.05, 3.63) is 53.6 Å². The lowest BCUT2D eigenvalue weighted by molar-refractivity contribution is -0.128. The molecule has 0 saturated carbocycles. The molecule has 0 saturated heterocycles. The topological polar surface area (TPSA) is 56.8 Å². The van der Waals surface area contributed by atoms with Gasteiger partial charge in [-0.2, -0.15) is 0 Å². The van der Waals surface area contributed by atoms with Gasteiger partial charge in [-0.1, -0.05) is 25.1 Å². The van der Waals surface area contributed by atoms with Gasteiger partial charge in [0, 0.05) is 6.54 Å². The van der Waals surface area contributed by atoms with Crippen molar-refractivity contribution < 1.29 is 19.0 Å². The summed E-state index contributed by atoms with van der Waals surface area (Å²) in [5, 5.41) is 2.97. The molecule has 2 rings (SSSR count). The normalized spacial score (nSPS) is 11.6. The number of rotatable bonds is 10. The van der Waals surface area contributed by atoms with Gasteiger partial charge in [-0.3, -0.25) is 4.79 Å². The highest BCUT2D eigenvalue weighted by Gasteiger charge is 2.17. The molecular formula is C22H29NO4. The van der Waals surface area contributed by atoms with Gasteiger partial charge in [0.2, 0.25) is 0 Å². The molecule has 0 bridgehead atoms. The minimum atomic E-state index is -0.479. The molecule has 0 heterocycles. The summed E-state index contributed by atoms with van der Waals surface area (Å²) in [6.45, 7) is 4.55. The molecule has 1 atom stereocenters. The Bertz CT molecular complexity index is 745. The van der Waals surface area contributed by atoms with E-state index in [2.05, 4.69) is 5.32 Å². The fourth-order valence-electron chi connectivity index (χ4n) is 2.83. The third-order valence-corrected chi connectivity index (χ3v) is 4.32. The predicted molar refractivity (Wildman–Crippen MR) is 107 cm³/mol. The lowest BCUT2D eigenvalue weighted by Crippen LogP contribution is -2.38. The maximum Gasteiger partial charge on any atom is 0.261 e. The first-order chi connectivity index (χ1) is 13.1. The first-order valence-electron chi connectivity index (χ1n) is 9.29. The molecule has 0 radical (unpaired) electrons. The summed E-state index contributed by atoms with van der Waals surface area (Å²) >= 11 is 0. The van der Waals surface area contributed by atoms with Gasteiger partial charge in [-0.05, 0) is 61.6 Å². The van der Waals surface area contributed by atoms with Crippen LogP contribution in [0.1, 0.15) is 30.9 Å². The number of methoxy groups -OCH3 is 2. The minimum absolute atomic E-state index is 0.0775. The summed E-state index contributed by atoms with van der Waals surface area (Å²) in [6, 6.07) is 13.6. The Labute approximate surface area is 161 Å². The van der Waals surface area contributed by atoms with Crippen molar-refractivity contribution >= 4 is 5.91 Å². The van der Waals surface area contributed by atoms with E-state index in [0.717, 1.165) is 35.5 Å². The number of aryl methyl sites for hydroxylation is 2. The van der Waals surface area contributed by atoms with Crippen LogP contribution in [0.3, 0.4) is 0 Å². The van der Waals surface area contributed by atoms with E-state index in [-0.39, 0.29) is 5.91 Å². The third-order valence-electron chi connectivity index (χ3n) is 4.32. The molecule has 2 aromatic rings. The Balaban J connectivity index is 1.80. The maximum absolute atomic E-state index is 12.4. The average Bonchev–Trinajstić information content (AvgIpc) is 2.69. The van der Waals surface area contributed by atoms with Crippen LogP contribution in [0.5, 0.6) is 17.2 Å². The molecule has 0 spiro atoms. The van der Waals surface area contributed by atoms with Crippen molar-refractivity contribution in [2.75, 3.05) is 20.8 Å². The van der Waals surface area contributed by atoms with Crippen molar-refractivity contribution in [2.45, 2.75) is 39.2 Å². The summed E-state index contributed by atoms with van der Waals surface area (Å²) in [5.74, 6) is 2.08. The summed E-state index contributed by atoms with van der Waals surface area (Å²) in [4.78, 5) is 12.4. The number of carbonyl (C=O) groups is 1. The number of ether oxygens (including phenoxy) is 3. The van der Waals surface area contributed by atoms with Crippen LogP contribution in [0.4, 0.5) is 0 Å². The molecule has 146 valence electrons. The van der Waals surface area contributed by atoms with E-state index < -0.39 is 6.10 Å². The Morgan fingerprint density at radius 1 is 1.07 bits per heavy atom. The Morgan fingerprint density at radius 3 is 2.52 bits per heavy atom. The number of amides is 1. The fourth-order valence-corrected chi connectivity index (χ4v) is 2.83. The van der Waals surface area contributed by atoms with Gasteiger partial charge in [0.05, 0.1) is 14.2 Å². The zero-order chi connectivity index (χ0) is 19.6. The summed E-state index contributed by atoms with van der Waals surface area (Å²) in [7, 11) is 3.25. The molecule has 0 aromatic heterocycles. The first kappa shape index (κ1) is 20.6. The maximum atomic E-state index is 12.4. The van der Waals surface area contributed by atoms with E-state index in [1.165, 1.54) is 0 Å². The van der Waals surface area contributed by atoms with Crippen LogP contribution in [-0.2, 0) is 11.2 Å². The van der Waals surface area contributed by atoms with Gasteiger partial charge in [-0.25, -0.2) is 0 Å². The zero-order valence-electron chi connectivity index (χ0n) is 16.6. The SMILES string of the molecule is CCC(Oc1cccc(C)c1)C(=O)NCCCc1ccc(OC)c(OC)c1. The molecule has 1 N–H and O–H groups in total. The lowest BCUT2D eigenvalue weighted by Gasteiger charge is -2.17. The van der Waals surface area contributed by atoms with Gasteiger partial charge >= 0.3 is 0 Å². The van der Waals surface area contributed by atoms with E-state index in [4.69, 9.17) is 14.2 Å². The molecule has 27 heavy (non-hydrogen) atoms. The van der Waals surface area contributed by atoms with Crippen molar-refractivity contribution in [1.29, 1.82) is 0 Å². The van der Waals surface area contributed by atoms with E-state index >= 15 is 0 Å². The highest BCUT2D eigenvalue weighted by Crippen LogP contribution is 2.27. The van der Waals surface area contributed by atoms with Gasteiger partial charge in [0.25, 0.3) is 5.91 Å². The Morgan fingerprint density at radius 2 is 1.85 bits per heavy atom. The Kier molecular flexibility index (Phi) is 7.99. The van der Waals surface area contributed by atoms with E-state index in [1.54, 1.807) is 14.2 Å².